The molecule has 0 radical (unpaired) electrons. The molecule has 1 heterocycles. The minimum Gasteiger partial charge on any atom is -0.452 e. The van der Waals surface area contributed by atoms with Crippen LogP contribution in [0.2, 0.25) is 5.02 Å². The van der Waals surface area contributed by atoms with Crippen molar-refractivity contribution in [3.63, 3.8) is 0 Å². The molecule has 106 valence electrons. The van der Waals surface area contributed by atoms with Crippen LogP contribution in [0.25, 0.3) is 11.0 Å². The highest BCUT2D eigenvalue weighted by atomic mass is 79.9. The highest BCUT2D eigenvalue weighted by molar-refractivity contribution is 9.10. The van der Waals surface area contributed by atoms with E-state index in [0.29, 0.717) is 5.58 Å². The molecule has 0 saturated heterocycles. The summed E-state index contributed by atoms with van der Waals surface area (Å²) in [5, 5.41) is 0.931. The first-order valence-electron chi connectivity index (χ1n) is 6.16. The topological polar surface area (TPSA) is 30.2 Å². The van der Waals surface area contributed by atoms with Gasteiger partial charge in [-0.3, -0.25) is 4.79 Å². The second kappa shape index (κ2) is 5.28. The standard InChI is InChI=1S/C16H9BrClFO2/c1-8-11-4-2-9(17)6-14(11)21-16(8)15(20)12-5-3-10(19)7-13(12)18/h2-7H,1H3. The quantitative estimate of drug-likeness (QED) is 0.558. The van der Waals surface area contributed by atoms with E-state index < -0.39 is 5.82 Å². The van der Waals surface area contributed by atoms with E-state index in [-0.39, 0.29) is 22.1 Å². The molecule has 0 unspecified atom stereocenters. The van der Waals surface area contributed by atoms with E-state index in [4.69, 9.17) is 16.0 Å². The van der Waals surface area contributed by atoms with Crippen LogP contribution in [0.1, 0.15) is 21.7 Å². The van der Waals surface area contributed by atoms with Gasteiger partial charge in [0.2, 0.25) is 5.78 Å². The minimum atomic E-state index is -0.484. The van der Waals surface area contributed by atoms with Crippen LogP contribution >= 0.6 is 27.5 Å². The van der Waals surface area contributed by atoms with E-state index in [2.05, 4.69) is 15.9 Å². The first kappa shape index (κ1) is 14.3. The second-order valence-electron chi connectivity index (χ2n) is 4.65. The number of carbonyl (C=O) groups excluding carboxylic acids is 1. The first-order chi connectivity index (χ1) is 9.97. The van der Waals surface area contributed by atoms with Crippen LogP contribution < -0.4 is 0 Å². The molecule has 0 aliphatic rings. The Morgan fingerprint density at radius 1 is 1.24 bits per heavy atom. The summed E-state index contributed by atoms with van der Waals surface area (Å²) in [6, 6.07) is 9.23. The van der Waals surface area contributed by atoms with Gasteiger partial charge >= 0.3 is 0 Å². The van der Waals surface area contributed by atoms with Gasteiger partial charge in [-0.1, -0.05) is 27.5 Å². The molecule has 3 rings (SSSR count). The fraction of sp³-hybridized carbons (Fsp3) is 0.0625. The van der Waals surface area contributed by atoms with Gasteiger partial charge in [-0.2, -0.15) is 0 Å². The number of ketones is 1. The molecule has 0 aliphatic carbocycles. The molecule has 0 spiro atoms. The molecule has 0 bridgehead atoms. The predicted octanol–water partition coefficient (Wildman–Crippen LogP) is 5.53. The number of benzene rings is 2. The van der Waals surface area contributed by atoms with E-state index in [1.165, 1.54) is 12.1 Å². The molecule has 0 atom stereocenters. The minimum absolute atomic E-state index is 0.0704. The number of carbonyl (C=O) groups is 1. The molecule has 2 nitrogen and oxygen atoms in total. The first-order valence-corrected chi connectivity index (χ1v) is 7.33. The summed E-state index contributed by atoms with van der Waals surface area (Å²) in [6.45, 7) is 1.81. The van der Waals surface area contributed by atoms with Gasteiger partial charge in [0.15, 0.2) is 5.76 Å². The molecule has 0 amide bonds. The average Bonchev–Trinajstić information content (AvgIpc) is 2.75. The van der Waals surface area contributed by atoms with Crippen molar-refractivity contribution in [3.05, 3.63) is 68.6 Å². The molecule has 0 saturated carbocycles. The number of hydrogen-bond donors (Lipinski definition) is 0. The Labute approximate surface area is 133 Å². The van der Waals surface area contributed by atoms with Gasteiger partial charge in [0.25, 0.3) is 0 Å². The summed E-state index contributed by atoms with van der Waals surface area (Å²) in [7, 11) is 0. The van der Waals surface area contributed by atoms with Gasteiger partial charge in [-0.05, 0) is 43.3 Å². The summed E-state index contributed by atoms with van der Waals surface area (Å²) in [5.41, 5.74) is 1.57. The fourth-order valence-electron chi connectivity index (χ4n) is 2.21. The zero-order chi connectivity index (χ0) is 15.1. The number of hydrogen-bond acceptors (Lipinski definition) is 2. The lowest BCUT2D eigenvalue weighted by Gasteiger charge is -2.02. The Balaban J connectivity index is 2.15. The number of fused-ring (bicyclic) bond motifs is 1. The van der Waals surface area contributed by atoms with Gasteiger partial charge in [0.05, 0.1) is 5.02 Å². The normalized spacial score (nSPS) is 11.0. The molecule has 1 aromatic heterocycles. The van der Waals surface area contributed by atoms with E-state index >= 15 is 0 Å². The average molecular weight is 368 g/mol. The summed E-state index contributed by atoms with van der Waals surface area (Å²) in [4.78, 5) is 12.5. The molecule has 0 fully saturated rings. The maximum Gasteiger partial charge on any atom is 0.230 e. The number of halogens is 3. The lowest BCUT2D eigenvalue weighted by molar-refractivity contribution is 0.101. The van der Waals surface area contributed by atoms with Crippen LogP contribution in [0, 0.1) is 12.7 Å². The van der Waals surface area contributed by atoms with Crippen LogP contribution in [0.15, 0.2) is 45.3 Å². The molecule has 21 heavy (non-hydrogen) atoms. The number of rotatable bonds is 2. The third-order valence-corrected chi connectivity index (χ3v) is 4.09. The molecular formula is C16H9BrClFO2. The highest BCUT2D eigenvalue weighted by Gasteiger charge is 2.21. The van der Waals surface area contributed by atoms with Crippen molar-refractivity contribution in [1.29, 1.82) is 0 Å². The van der Waals surface area contributed by atoms with Gasteiger partial charge in [-0.15, -0.1) is 0 Å². The van der Waals surface area contributed by atoms with Crippen molar-refractivity contribution in [1.82, 2.24) is 0 Å². The number of furan rings is 1. The molecular weight excluding hydrogens is 359 g/mol. The van der Waals surface area contributed by atoms with Crippen molar-refractivity contribution in [3.8, 4) is 0 Å². The Kier molecular flexibility index (Phi) is 3.59. The van der Waals surface area contributed by atoms with Crippen LogP contribution in [0.4, 0.5) is 4.39 Å². The monoisotopic (exact) mass is 366 g/mol. The second-order valence-corrected chi connectivity index (χ2v) is 5.97. The van der Waals surface area contributed by atoms with Gasteiger partial charge in [0, 0.05) is 21.0 Å². The van der Waals surface area contributed by atoms with E-state index in [0.717, 1.165) is 21.5 Å². The summed E-state index contributed by atoms with van der Waals surface area (Å²) in [6.07, 6.45) is 0. The summed E-state index contributed by atoms with van der Waals surface area (Å²) >= 11 is 9.30. The Morgan fingerprint density at radius 2 is 2.00 bits per heavy atom. The van der Waals surface area contributed by atoms with E-state index in [9.17, 15) is 9.18 Å². The maximum absolute atomic E-state index is 13.1. The van der Waals surface area contributed by atoms with Crippen molar-refractivity contribution >= 4 is 44.3 Å². The van der Waals surface area contributed by atoms with Gasteiger partial charge < -0.3 is 4.42 Å². The molecule has 0 N–H and O–H groups in total. The summed E-state index contributed by atoms with van der Waals surface area (Å²) < 4.78 is 19.6. The Bertz CT molecular complexity index is 870. The van der Waals surface area contributed by atoms with Crippen molar-refractivity contribution in [2.45, 2.75) is 6.92 Å². The number of aryl methyl sites for hydroxylation is 1. The smallest absolute Gasteiger partial charge is 0.230 e. The van der Waals surface area contributed by atoms with Crippen molar-refractivity contribution < 1.29 is 13.6 Å². The Hall–Kier alpha value is -1.65. The SMILES string of the molecule is Cc1c(C(=O)c2ccc(F)cc2Cl)oc2cc(Br)ccc12. The predicted molar refractivity (Wildman–Crippen MR) is 83.5 cm³/mol. The molecule has 3 aromatic rings. The molecule has 0 aliphatic heterocycles. The van der Waals surface area contributed by atoms with Crippen LogP contribution in [0.3, 0.4) is 0 Å². The van der Waals surface area contributed by atoms with Crippen LogP contribution in [-0.2, 0) is 0 Å². The van der Waals surface area contributed by atoms with E-state index in [1.807, 2.05) is 19.1 Å². The largest absolute Gasteiger partial charge is 0.452 e. The third kappa shape index (κ3) is 2.49. The Morgan fingerprint density at radius 3 is 2.71 bits per heavy atom. The highest BCUT2D eigenvalue weighted by Crippen LogP contribution is 2.30. The van der Waals surface area contributed by atoms with Crippen molar-refractivity contribution in [2.75, 3.05) is 0 Å². The lowest BCUT2D eigenvalue weighted by atomic mass is 10.0. The maximum atomic E-state index is 13.1. The third-order valence-electron chi connectivity index (χ3n) is 3.28. The molecule has 2 aromatic carbocycles. The van der Waals surface area contributed by atoms with E-state index in [1.54, 1.807) is 6.07 Å². The van der Waals surface area contributed by atoms with Crippen LogP contribution in [0.5, 0.6) is 0 Å². The summed E-state index contributed by atoms with van der Waals surface area (Å²) in [5.74, 6) is -0.622. The fourth-order valence-corrected chi connectivity index (χ4v) is 2.80. The van der Waals surface area contributed by atoms with Gasteiger partial charge in [0.1, 0.15) is 11.4 Å². The lowest BCUT2D eigenvalue weighted by Crippen LogP contribution is -2.02. The van der Waals surface area contributed by atoms with Crippen LogP contribution in [-0.4, -0.2) is 5.78 Å². The molecule has 5 heteroatoms. The zero-order valence-electron chi connectivity index (χ0n) is 10.9. The zero-order valence-corrected chi connectivity index (χ0v) is 13.3. The van der Waals surface area contributed by atoms with Gasteiger partial charge in [-0.25, -0.2) is 4.39 Å². The van der Waals surface area contributed by atoms with Crippen molar-refractivity contribution in [2.24, 2.45) is 0 Å².